The van der Waals surface area contributed by atoms with Crippen molar-refractivity contribution in [3.63, 3.8) is 0 Å². The van der Waals surface area contributed by atoms with Gasteiger partial charge in [-0.15, -0.1) is 0 Å². The maximum atomic E-state index is 12.0. The molecular formula is C16H18N4O4. The minimum atomic E-state index is -1.08. The molecule has 1 aliphatic heterocycles. The summed E-state index contributed by atoms with van der Waals surface area (Å²) >= 11 is 0. The molecule has 1 atom stereocenters. The van der Waals surface area contributed by atoms with Crippen LogP contribution in [0.2, 0.25) is 0 Å². The summed E-state index contributed by atoms with van der Waals surface area (Å²) < 4.78 is 0. The predicted molar refractivity (Wildman–Crippen MR) is 85.2 cm³/mol. The molecule has 0 bridgehead atoms. The Hall–Kier alpha value is -2.92. The molecule has 0 spiro atoms. The lowest BCUT2D eigenvalue weighted by atomic mass is 10.2. The highest BCUT2D eigenvalue weighted by Crippen LogP contribution is 2.16. The van der Waals surface area contributed by atoms with Crippen LogP contribution >= 0.6 is 0 Å². The van der Waals surface area contributed by atoms with Crippen molar-refractivity contribution < 1.29 is 19.5 Å². The van der Waals surface area contributed by atoms with Crippen LogP contribution in [0.25, 0.3) is 0 Å². The first-order chi connectivity index (χ1) is 11.5. The van der Waals surface area contributed by atoms with E-state index in [0.29, 0.717) is 18.7 Å². The fraction of sp³-hybridized carbons (Fsp3) is 0.375. The number of hydrogen-bond donors (Lipinski definition) is 3. The Labute approximate surface area is 139 Å². The zero-order chi connectivity index (χ0) is 17.5. The summed E-state index contributed by atoms with van der Waals surface area (Å²) in [5, 5.41) is 23.1. The molecule has 1 aromatic rings. The Kier molecular flexibility index (Phi) is 5.87. The molecule has 1 fully saturated rings. The highest BCUT2D eigenvalue weighted by Gasteiger charge is 2.27. The number of anilines is 1. The molecule has 0 saturated carbocycles. The minimum Gasteiger partial charge on any atom is -0.478 e. The molecule has 0 aliphatic carbocycles. The number of benzene rings is 1. The molecule has 1 aliphatic rings. The molecule has 1 aromatic carbocycles. The summed E-state index contributed by atoms with van der Waals surface area (Å²) in [6.07, 6.45) is 1.49. The van der Waals surface area contributed by atoms with Gasteiger partial charge >= 0.3 is 5.97 Å². The van der Waals surface area contributed by atoms with E-state index in [-0.39, 0.29) is 36.5 Å². The topological polar surface area (TPSA) is 123 Å². The second-order valence-electron chi connectivity index (χ2n) is 5.41. The van der Waals surface area contributed by atoms with E-state index in [1.807, 2.05) is 0 Å². The van der Waals surface area contributed by atoms with Crippen molar-refractivity contribution in [2.24, 2.45) is 0 Å². The van der Waals surface area contributed by atoms with Gasteiger partial charge in [0.05, 0.1) is 24.7 Å². The SMILES string of the molecule is N#CC1CCCN1C(=O)CNCC(=O)Nc1cccc(C(=O)O)c1. The standard InChI is InChI=1S/C16H18N4O4/c17-8-13-5-2-6-20(13)15(22)10-18-9-14(21)19-12-4-1-3-11(7-12)16(23)24/h1,3-4,7,13,18H,2,5-6,9-10H2,(H,19,21)(H,23,24). The van der Waals surface area contributed by atoms with Gasteiger partial charge in [0.2, 0.25) is 11.8 Å². The van der Waals surface area contributed by atoms with Crippen molar-refractivity contribution in [1.29, 1.82) is 5.26 Å². The smallest absolute Gasteiger partial charge is 0.335 e. The van der Waals surface area contributed by atoms with Gasteiger partial charge in [0.15, 0.2) is 0 Å². The first-order valence-electron chi connectivity index (χ1n) is 7.54. The molecule has 126 valence electrons. The van der Waals surface area contributed by atoms with Crippen LogP contribution in [0.3, 0.4) is 0 Å². The number of aromatic carboxylic acids is 1. The lowest BCUT2D eigenvalue weighted by molar-refractivity contribution is -0.130. The van der Waals surface area contributed by atoms with E-state index < -0.39 is 5.97 Å². The third-order valence-electron chi connectivity index (χ3n) is 3.68. The number of carboxylic acids is 1. The van der Waals surface area contributed by atoms with Gasteiger partial charge in [-0.3, -0.25) is 14.9 Å². The van der Waals surface area contributed by atoms with E-state index in [4.69, 9.17) is 10.4 Å². The quantitative estimate of drug-likeness (QED) is 0.695. The molecule has 1 heterocycles. The van der Waals surface area contributed by atoms with Crippen molar-refractivity contribution in [1.82, 2.24) is 10.2 Å². The number of carbonyl (C=O) groups is 3. The molecule has 1 unspecified atom stereocenters. The first kappa shape index (κ1) is 17.4. The van der Waals surface area contributed by atoms with E-state index in [2.05, 4.69) is 16.7 Å². The molecule has 0 radical (unpaired) electrons. The molecule has 1 saturated heterocycles. The fourth-order valence-corrected chi connectivity index (χ4v) is 2.52. The third kappa shape index (κ3) is 4.54. The first-order valence-corrected chi connectivity index (χ1v) is 7.54. The normalized spacial score (nSPS) is 16.5. The van der Waals surface area contributed by atoms with Gasteiger partial charge in [-0.1, -0.05) is 6.07 Å². The summed E-state index contributed by atoms with van der Waals surface area (Å²) in [6.45, 7) is 0.446. The third-order valence-corrected chi connectivity index (χ3v) is 3.68. The lowest BCUT2D eigenvalue weighted by Gasteiger charge is -2.19. The van der Waals surface area contributed by atoms with Gasteiger partial charge in [-0.2, -0.15) is 5.26 Å². The Morgan fingerprint density at radius 1 is 1.33 bits per heavy atom. The number of nitriles is 1. The minimum absolute atomic E-state index is 0.0270. The second-order valence-corrected chi connectivity index (χ2v) is 5.41. The van der Waals surface area contributed by atoms with Crippen LogP contribution in [-0.2, 0) is 9.59 Å². The summed E-state index contributed by atoms with van der Waals surface area (Å²) in [5.74, 6) is -1.67. The van der Waals surface area contributed by atoms with E-state index >= 15 is 0 Å². The van der Waals surface area contributed by atoms with Crippen molar-refractivity contribution in [3.05, 3.63) is 29.8 Å². The molecule has 3 N–H and O–H groups in total. The van der Waals surface area contributed by atoms with Crippen LogP contribution in [0.4, 0.5) is 5.69 Å². The average molecular weight is 330 g/mol. The Morgan fingerprint density at radius 3 is 2.83 bits per heavy atom. The van der Waals surface area contributed by atoms with Crippen LogP contribution in [0, 0.1) is 11.3 Å². The number of likely N-dealkylation sites (tertiary alicyclic amines) is 1. The van der Waals surface area contributed by atoms with Gasteiger partial charge in [-0.25, -0.2) is 4.79 Å². The second kappa shape index (κ2) is 8.08. The Bertz CT molecular complexity index is 683. The van der Waals surface area contributed by atoms with Crippen molar-refractivity contribution in [2.75, 3.05) is 25.0 Å². The summed E-state index contributed by atoms with van der Waals surface area (Å²) in [6, 6.07) is 7.60. The van der Waals surface area contributed by atoms with Crippen LogP contribution in [0.5, 0.6) is 0 Å². The molecular weight excluding hydrogens is 312 g/mol. The highest BCUT2D eigenvalue weighted by molar-refractivity contribution is 5.95. The summed E-state index contributed by atoms with van der Waals surface area (Å²) in [7, 11) is 0. The number of hydrogen-bond acceptors (Lipinski definition) is 5. The number of nitrogens with one attached hydrogen (secondary N) is 2. The number of carbonyl (C=O) groups excluding carboxylic acids is 2. The number of rotatable bonds is 6. The Morgan fingerprint density at radius 2 is 2.12 bits per heavy atom. The molecule has 0 aromatic heterocycles. The summed E-state index contributed by atoms with van der Waals surface area (Å²) in [4.78, 5) is 36.2. The van der Waals surface area contributed by atoms with E-state index in [1.54, 1.807) is 6.07 Å². The molecule has 24 heavy (non-hydrogen) atoms. The van der Waals surface area contributed by atoms with Crippen LogP contribution < -0.4 is 10.6 Å². The van der Waals surface area contributed by atoms with Crippen molar-refractivity contribution in [2.45, 2.75) is 18.9 Å². The number of amides is 2. The average Bonchev–Trinajstić information content (AvgIpc) is 3.03. The van der Waals surface area contributed by atoms with Crippen molar-refractivity contribution >= 4 is 23.5 Å². The van der Waals surface area contributed by atoms with Gasteiger partial charge in [0.25, 0.3) is 0 Å². The predicted octanol–water partition coefficient (Wildman–Crippen LogP) is 0.427. The van der Waals surface area contributed by atoms with Gasteiger partial charge in [0, 0.05) is 12.2 Å². The number of nitrogens with zero attached hydrogens (tertiary/aromatic N) is 2. The maximum absolute atomic E-state index is 12.0. The maximum Gasteiger partial charge on any atom is 0.335 e. The molecule has 8 heteroatoms. The molecule has 2 amide bonds. The Balaban J connectivity index is 1.77. The number of carboxylic acid groups (broad SMARTS) is 1. The van der Waals surface area contributed by atoms with Crippen LogP contribution in [0.15, 0.2) is 24.3 Å². The fourth-order valence-electron chi connectivity index (χ4n) is 2.52. The van der Waals surface area contributed by atoms with E-state index in [1.165, 1.54) is 23.1 Å². The van der Waals surface area contributed by atoms with Crippen LogP contribution in [0.1, 0.15) is 23.2 Å². The zero-order valence-corrected chi connectivity index (χ0v) is 13.0. The largest absolute Gasteiger partial charge is 0.478 e. The van der Waals surface area contributed by atoms with Crippen molar-refractivity contribution in [3.8, 4) is 6.07 Å². The van der Waals surface area contributed by atoms with E-state index in [0.717, 1.165) is 6.42 Å². The zero-order valence-electron chi connectivity index (χ0n) is 13.0. The highest BCUT2D eigenvalue weighted by atomic mass is 16.4. The lowest BCUT2D eigenvalue weighted by Crippen LogP contribution is -2.42. The summed E-state index contributed by atoms with van der Waals surface area (Å²) in [5.41, 5.74) is 0.449. The monoisotopic (exact) mass is 330 g/mol. The van der Waals surface area contributed by atoms with Crippen LogP contribution in [-0.4, -0.2) is 53.5 Å². The van der Waals surface area contributed by atoms with Gasteiger partial charge < -0.3 is 15.3 Å². The van der Waals surface area contributed by atoms with Gasteiger partial charge in [0.1, 0.15) is 6.04 Å². The molecule has 8 nitrogen and oxygen atoms in total. The van der Waals surface area contributed by atoms with Gasteiger partial charge in [-0.05, 0) is 31.0 Å². The van der Waals surface area contributed by atoms with E-state index in [9.17, 15) is 14.4 Å². The molecule has 2 rings (SSSR count).